The summed E-state index contributed by atoms with van der Waals surface area (Å²) in [5.41, 5.74) is 0.695. The minimum atomic E-state index is -0.389. The van der Waals surface area contributed by atoms with Crippen LogP contribution in [0, 0.1) is 16.7 Å². The first-order chi connectivity index (χ1) is 14.4. The topological polar surface area (TPSA) is 103 Å². The predicted octanol–water partition coefficient (Wildman–Crippen LogP) is 1.92. The van der Waals surface area contributed by atoms with Crippen LogP contribution in [0.4, 0.5) is 0 Å². The van der Waals surface area contributed by atoms with Gasteiger partial charge in [0.1, 0.15) is 11.3 Å². The molecule has 1 saturated heterocycles. The Morgan fingerprint density at radius 3 is 2.77 bits per heavy atom. The number of methoxy groups -OCH3 is 1. The van der Waals surface area contributed by atoms with Gasteiger partial charge in [-0.15, -0.1) is 0 Å². The standard InChI is InChI=1S/C22H29N5O3/c1-22(9-11-24-13-22)19(26(2)12-4-10-23)16-8-7-15-17(18(16)30-3)27(14-5-6-14)21(29)25-20(15)28/h7-8,14,19,24H,4-6,9,11-13H2,1-3H3,(H,25,28,29). The molecule has 8 nitrogen and oxygen atoms in total. The molecule has 2 heterocycles. The molecule has 2 atom stereocenters. The molecule has 0 amide bonds. The fourth-order valence-electron chi connectivity index (χ4n) is 5.02. The van der Waals surface area contributed by atoms with Crippen molar-refractivity contribution in [2.45, 2.75) is 44.7 Å². The molecule has 2 aliphatic rings. The Bertz CT molecular complexity index is 1100. The van der Waals surface area contributed by atoms with E-state index in [-0.39, 0.29) is 28.7 Å². The Labute approximate surface area is 175 Å². The summed E-state index contributed by atoms with van der Waals surface area (Å²) >= 11 is 0. The first kappa shape index (κ1) is 20.6. The molecule has 0 spiro atoms. The van der Waals surface area contributed by atoms with Gasteiger partial charge in [0.25, 0.3) is 5.56 Å². The fraction of sp³-hybridized carbons (Fsp3) is 0.591. The second kappa shape index (κ2) is 7.89. The van der Waals surface area contributed by atoms with Gasteiger partial charge < -0.3 is 10.1 Å². The van der Waals surface area contributed by atoms with Crippen LogP contribution in [-0.4, -0.2) is 48.2 Å². The van der Waals surface area contributed by atoms with Crippen molar-refractivity contribution in [1.82, 2.24) is 19.8 Å². The average molecular weight is 412 g/mol. The number of benzene rings is 1. The number of hydrogen-bond acceptors (Lipinski definition) is 6. The normalized spacial score (nSPS) is 22.4. The molecule has 2 fully saturated rings. The summed E-state index contributed by atoms with van der Waals surface area (Å²) < 4.78 is 7.60. The van der Waals surface area contributed by atoms with E-state index in [1.165, 1.54) is 0 Å². The number of H-pyrrole nitrogens is 1. The van der Waals surface area contributed by atoms with Gasteiger partial charge in [-0.3, -0.25) is 19.2 Å². The number of nitrogens with one attached hydrogen (secondary N) is 2. The number of aromatic amines is 1. The first-order valence-corrected chi connectivity index (χ1v) is 10.5. The van der Waals surface area contributed by atoms with Crippen molar-refractivity contribution in [3.8, 4) is 11.8 Å². The second-order valence-corrected chi connectivity index (χ2v) is 8.82. The number of ether oxygens (including phenoxy) is 1. The van der Waals surface area contributed by atoms with E-state index in [0.29, 0.717) is 29.6 Å². The quantitative estimate of drug-likeness (QED) is 0.722. The molecule has 1 aromatic heterocycles. The zero-order valence-electron chi connectivity index (χ0n) is 17.8. The summed E-state index contributed by atoms with van der Waals surface area (Å²) in [5, 5.41) is 13.0. The van der Waals surface area contributed by atoms with Crippen molar-refractivity contribution in [2.24, 2.45) is 5.41 Å². The van der Waals surface area contributed by atoms with Crippen LogP contribution < -0.4 is 21.3 Å². The Hall–Kier alpha value is -2.63. The van der Waals surface area contributed by atoms with Gasteiger partial charge in [0.2, 0.25) is 0 Å². The molecule has 1 aromatic carbocycles. The van der Waals surface area contributed by atoms with Crippen LogP contribution in [-0.2, 0) is 0 Å². The molecule has 1 aliphatic heterocycles. The molecule has 30 heavy (non-hydrogen) atoms. The maximum absolute atomic E-state index is 12.7. The Morgan fingerprint density at radius 2 is 2.17 bits per heavy atom. The van der Waals surface area contributed by atoms with Gasteiger partial charge in [0, 0.05) is 42.6 Å². The van der Waals surface area contributed by atoms with E-state index in [1.54, 1.807) is 17.7 Å². The monoisotopic (exact) mass is 411 g/mol. The zero-order valence-corrected chi connectivity index (χ0v) is 17.8. The Kier molecular flexibility index (Phi) is 5.43. The van der Waals surface area contributed by atoms with Crippen molar-refractivity contribution in [2.75, 3.05) is 33.8 Å². The summed E-state index contributed by atoms with van der Waals surface area (Å²) in [6.45, 7) is 4.65. The van der Waals surface area contributed by atoms with Gasteiger partial charge in [-0.05, 0) is 38.9 Å². The lowest BCUT2D eigenvalue weighted by Crippen LogP contribution is -2.40. The lowest BCUT2D eigenvalue weighted by Gasteiger charge is -2.41. The molecule has 160 valence electrons. The largest absolute Gasteiger partial charge is 0.494 e. The highest BCUT2D eigenvalue weighted by Crippen LogP contribution is 2.47. The first-order valence-electron chi connectivity index (χ1n) is 10.5. The van der Waals surface area contributed by atoms with Crippen LogP contribution >= 0.6 is 0 Å². The number of aromatic nitrogens is 2. The van der Waals surface area contributed by atoms with E-state index in [9.17, 15) is 9.59 Å². The van der Waals surface area contributed by atoms with E-state index in [2.05, 4.69) is 28.2 Å². The van der Waals surface area contributed by atoms with Crippen molar-refractivity contribution < 1.29 is 4.74 Å². The number of fused-ring (bicyclic) bond motifs is 1. The molecule has 2 unspecified atom stereocenters. The van der Waals surface area contributed by atoms with E-state index in [1.807, 2.05) is 13.1 Å². The lowest BCUT2D eigenvalue weighted by molar-refractivity contribution is 0.111. The van der Waals surface area contributed by atoms with E-state index >= 15 is 0 Å². The maximum Gasteiger partial charge on any atom is 0.329 e. The second-order valence-electron chi connectivity index (χ2n) is 8.82. The van der Waals surface area contributed by atoms with Crippen LogP contribution in [0.15, 0.2) is 21.7 Å². The SMILES string of the molecule is COc1c(C(N(C)CCC#N)C2(C)CCNC2)ccc2c(=O)[nH]c(=O)n(C3CC3)c12. The van der Waals surface area contributed by atoms with Crippen molar-refractivity contribution in [1.29, 1.82) is 5.26 Å². The summed E-state index contributed by atoms with van der Waals surface area (Å²) in [4.78, 5) is 29.9. The minimum absolute atomic E-state index is 0.0257. The van der Waals surface area contributed by atoms with E-state index in [4.69, 9.17) is 10.00 Å². The van der Waals surface area contributed by atoms with Crippen LogP contribution in [0.25, 0.3) is 10.9 Å². The zero-order chi connectivity index (χ0) is 21.5. The Balaban J connectivity index is 1.97. The molecule has 2 aromatic rings. The highest BCUT2D eigenvalue weighted by atomic mass is 16.5. The molecule has 0 bridgehead atoms. The third-order valence-electron chi connectivity index (χ3n) is 6.58. The summed E-state index contributed by atoms with van der Waals surface area (Å²) in [6.07, 6.45) is 3.25. The number of hydrogen-bond donors (Lipinski definition) is 2. The summed E-state index contributed by atoms with van der Waals surface area (Å²) in [7, 11) is 3.63. The summed E-state index contributed by atoms with van der Waals surface area (Å²) in [5.74, 6) is 0.588. The van der Waals surface area contributed by atoms with Crippen LogP contribution in [0.3, 0.4) is 0 Å². The predicted molar refractivity (Wildman–Crippen MR) is 115 cm³/mol. The van der Waals surface area contributed by atoms with E-state index in [0.717, 1.165) is 37.9 Å². The van der Waals surface area contributed by atoms with Crippen LogP contribution in [0.1, 0.15) is 50.3 Å². The molecule has 1 aliphatic carbocycles. The van der Waals surface area contributed by atoms with Crippen LogP contribution in [0.5, 0.6) is 5.75 Å². The van der Waals surface area contributed by atoms with Gasteiger partial charge in [0.05, 0.1) is 18.6 Å². The molecule has 0 radical (unpaired) electrons. The number of nitriles is 1. The molecule has 4 rings (SSSR count). The lowest BCUT2D eigenvalue weighted by atomic mass is 9.76. The van der Waals surface area contributed by atoms with Gasteiger partial charge in [0.15, 0.2) is 0 Å². The highest BCUT2D eigenvalue weighted by Gasteiger charge is 2.42. The van der Waals surface area contributed by atoms with E-state index < -0.39 is 0 Å². The smallest absolute Gasteiger partial charge is 0.329 e. The van der Waals surface area contributed by atoms with Crippen molar-refractivity contribution >= 4 is 10.9 Å². The molecular formula is C22H29N5O3. The minimum Gasteiger partial charge on any atom is -0.494 e. The Morgan fingerprint density at radius 1 is 1.40 bits per heavy atom. The van der Waals surface area contributed by atoms with Gasteiger partial charge in [-0.2, -0.15) is 5.26 Å². The highest BCUT2D eigenvalue weighted by molar-refractivity contribution is 5.86. The third kappa shape index (κ3) is 3.42. The number of nitrogens with zero attached hydrogens (tertiary/aromatic N) is 3. The average Bonchev–Trinajstić information content (AvgIpc) is 3.46. The van der Waals surface area contributed by atoms with Crippen molar-refractivity contribution in [3.63, 3.8) is 0 Å². The van der Waals surface area contributed by atoms with Crippen molar-refractivity contribution in [3.05, 3.63) is 38.5 Å². The maximum atomic E-state index is 12.7. The molecular weight excluding hydrogens is 382 g/mol. The molecule has 1 saturated carbocycles. The van der Waals surface area contributed by atoms with Gasteiger partial charge in [-0.25, -0.2) is 4.79 Å². The summed E-state index contributed by atoms with van der Waals surface area (Å²) in [6, 6.07) is 6.07. The van der Waals surface area contributed by atoms with Gasteiger partial charge >= 0.3 is 5.69 Å². The third-order valence-corrected chi connectivity index (χ3v) is 6.58. The fourth-order valence-corrected chi connectivity index (χ4v) is 5.02. The van der Waals surface area contributed by atoms with Crippen LogP contribution in [0.2, 0.25) is 0 Å². The molecule has 8 heteroatoms. The number of rotatable bonds is 7. The van der Waals surface area contributed by atoms with Gasteiger partial charge in [-0.1, -0.05) is 13.0 Å². The molecule has 2 N–H and O–H groups in total.